The molecule has 0 radical (unpaired) electrons. The Labute approximate surface area is 93.0 Å². The maximum absolute atomic E-state index is 11.0. The molecule has 1 fully saturated rings. The second-order valence-electron chi connectivity index (χ2n) is 4.75. The highest BCUT2D eigenvalue weighted by atomic mass is 16.1. The maximum Gasteiger partial charge on any atom is 0.221 e. The van der Waals surface area contributed by atoms with Gasteiger partial charge in [0.05, 0.1) is 0 Å². The van der Waals surface area contributed by atoms with Crippen molar-refractivity contribution in [2.45, 2.75) is 45.6 Å². The molecule has 0 bridgehead atoms. The zero-order valence-corrected chi connectivity index (χ0v) is 10.2. The number of carbonyl (C=O) groups excluding carboxylic acids is 1. The molecule has 1 rings (SSSR count). The van der Waals surface area contributed by atoms with Crippen LogP contribution in [-0.4, -0.2) is 25.5 Å². The fourth-order valence-electron chi connectivity index (χ4n) is 2.37. The van der Waals surface area contributed by atoms with Crippen molar-refractivity contribution in [1.29, 1.82) is 0 Å². The third-order valence-corrected chi connectivity index (χ3v) is 3.74. The number of rotatable bonds is 4. The van der Waals surface area contributed by atoms with Crippen LogP contribution in [0.25, 0.3) is 0 Å². The van der Waals surface area contributed by atoms with Gasteiger partial charge in [0.2, 0.25) is 5.91 Å². The van der Waals surface area contributed by atoms with Crippen LogP contribution in [0, 0.1) is 11.8 Å². The summed E-state index contributed by atoms with van der Waals surface area (Å²) in [5.74, 6) is 1.68. The van der Waals surface area contributed by atoms with Crippen LogP contribution in [0.15, 0.2) is 0 Å². The fraction of sp³-hybridized carbons (Fsp3) is 0.917. The number of hydrogen-bond acceptors (Lipinski definition) is 2. The molecule has 0 aliphatic heterocycles. The molecule has 1 saturated carbocycles. The van der Waals surface area contributed by atoms with Gasteiger partial charge in [0.15, 0.2) is 0 Å². The normalized spacial score (nSPS) is 31.3. The molecule has 3 nitrogen and oxygen atoms in total. The monoisotopic (exact) mass is 212 g/mol. The minimum Gasteiger partial charge on any atom is -0.359 e. The van der Waals surface area contributed by atoms with Gasteiger partial charge in [-0.2, -0.15) is 0 Å². The van der Waals surface area contributed by atoms with Gasteiger partial charge in [-0.15, -0.1) is 0 Å². The summed E-state index contributed by atoms with van der Waals surface area (Å²) in [6.45, 7) is 5.46. The van der Waals surface area contributed by atoms with E-state index in [0.29, 0.717) is 12.5 Å². The molecule has 0 heterocycles. The lowest BCUT2D eigenvalue weighted by Crippen LogP contribution is -2.41. The minimum atomic E-state index is 0.124. The first-order valence-corrected chi connectivity index (χ1v) is 6.09. The van der Waals surface area contributed by atoms with Gasteiger partial charge in [-0.3, -0.25) is 4.79 Å². The maximum atomic E-state index is 11.0. The number of amides is 1. The summed E-state index contributed by atoms with van der Waals surface area (Å²) in [6.07, 6.45) is 4.53. The van der Waals surface area contributed by atoms with Gasteiger partial charge in [0, 0.05) is 26.1 Å². The van der Waals surface area contributed by atoms with E-state index in [1.807, 2.05) is 0 Å². The summed E-state index contributed by atoms with van der Waals surface area (Å²) in [5.41, 5.74) is 0. The molecule has 0 aromatic heterocycles. The van der Waals surface area contributed by atoms with E-state index in [9.17, 15) is 4.79 Å². The Balaban J connectivity index is 2.22. The van der Waals surface area contributed by atoms with Crippen LogP contribution in [0.3, 0.4) is 0 Å². The Morgan fingerprint density at radius 3 is 2.73 bits per heavy atom. The molecule has 15 heavy (non-hydrogen) atoms. The summed E-state index contributed by atoms with van der Waals surface area (Å²) in [4.78, 5) is 11.0. The lowest BCUT2D eigenvalue weighted by molar-refractivity contribution is -0.120. The van der Waals surface area contributed by atoms with E-state index in [4.69, 9.17) is 0 Å². The molecule has 3 heteroatoms. The Morgan fingerprint density at radius 2 is 2.07 bits per heavy atom. The number of carbonyl (C=O) groups is 1. The summed E-state index contributed by atoms with van der Waals surface area (Å²) >= 11 is 0. The summed E-state index contributed by atoms with van der Waals surface area (Å²) in [6, 6.07) is 0.610. The van der Waals surface area contributed by atoms with E-state index in [-0.39, 0.29) is 5.91 Å². The van der Waals surface area contributed by atoms with E-state index >= 15 is 0 Å². The quantitative estimate of drug-likeness (QED) is 0.742. The summed E-state index contributed by atoms with van der Waals surface area (Å²) < 4.78 is 0. The molecular formula is C12H24N2O. The standard InChI is InChI=1S/C12H24N2O/c1-9-5-4-6-11(10(9)2)14-8-7-12(15)13-3/h9-11,14H,4-8H2,1-3H3,(H,13,15). The topological polar surface area (TPSA) is 41.1 Å². The minimum absolute atomic E-state index is 0.124. The van der Waals surface area contributed by atoms with Crippen molar-refractivity contribution < 1.29 is 4.79 Å². The summed E-state index contributed by atoms with van der Waals surface area (Å²) in [7, 11) is 1.69. The number of hydrogen-bond donors (Lipinski definition) is 2. The first-order valence-electron chi connectivity index (χ1n) is 6.09. The first-order chi connectivity index (χ1) is 7.15. The van der Waals surface area contributed by atoms with Gasteiger partial charge in [-0.05, 0) is 18.3 Å². The van der Waals surface area contributed by atoms with Crippen LogP contribution < -0.4 is 10.6 Å². The van der Waals surface area contributed by atoms with E-state index in [1.165, 1.54) is 19.3 Å². The van der Waals surface area contributed by atoms with E-state index in [1.54, 1.807) is 7.05 Å². The SMILES string of the molecule is CNC(=O)CCNC1CCCC(C)C1C. The fourth-order valence-corrected chi connectivity index (χ4v) is 2.37. The second-order valence-corrected chi connectivity index (χ2v) is 4.75. The molecule has 0 aromatic rings. The van der Waals surface area contributed by atoms with Crippen LogP contribution in [0.1, 0.15) is 39.5 Å². The predicted octanol–water partition coefficient (Wildman–Crippen LogP) is 1.54. The third-order valence-electron chi connectivity index (χ3n) is 3.74. The average molecular weight is 212 g/mol. The van der Waals surface area contributed by atoms with Gasteiger partial charge in [-0.1, -0.05) is 26.7 Å². The second kappa shape index (κ2) is 6.11. The zero-order valence-electron chi connectivity index (χ0n) is 10.2. The van der Waals surface area contributed by atoms with Crippen molar-refractivity contribution in [2.24, 2.45) is 11.8 Å². The molecular weight excluding hydrogens is 188 g/mol. The highest BCUT2D eigenvalue weighted by Gasteiger charge is 2.26. The van der Waals surface area contributed by atoms with Gasteiger partial charge in [-0.25, -0.2) is 0 Å². The molecule has 88 valence electrons. The predicted molar refractivity (Wildman–Crippen MR) is 62.7 cm³/mol. The molecule has 0 aromatic carbocycles. The highest BCUT2D eigenvalue weighted by molar-refractivity contribution is 5.75. The molecule has 1 aliphatic carbocycles. The molecule has 0 spiro atoms. The largest absolute Gasteiger partial charge is 0.359 e. The van der Waals surface area contributed by atoms with Crippen molar-refractivity contribution in [2.75, 3.05) is 13.6 Å². The highest BCUT2D eigenvalue weighted by Crippen LogP contribution is 2.29. The van der Waals surface area contributed by atoms with Gasteiger partial charge >= 0.3 is 0 Å². The van der Waals surface area contributed by atoms with Crippen LogP contribution in [-0.2, 0) is 4.79 Å². The van der Waals surface area contributed by atoms with Gasteiger partial charge < -0.3 is 10.6 Å². The van der Waals surface area contributed by atoms with Crippen molar-refractivity contribution in [3.63, 3.8) is 0 Å². The smallest absolute Gasteiger partial charge is 0.221 e. The Hall–Kier alpha value is -0.570. The number of nitrogens with one attached hydrogen (secondary N) is 2. The van der Waals surface area contributed by atoms with Crippen LogP contribution >= 0.6 is 0 Å². The molecule has 1 amide bonds. The van der Waals surface area contributed by atoms with Crippen molar-refractivity contribution in [3.8, 4) is 0 Å². The van der Waals surface area contributed by atoms with E-state index < -0.39 is 0 Å². The lowest BCUT2D eigenvalue weighted by Gasteiger charge is -2.34. The molecule has 2 N–H and O–H groups in total. The molecule has 0 saturated heterocycles. The first kappa shape index (κ1) is 12.5. The van der Waals surface area contributed by atoms with Gasteiger partial charge in [0.1, 0.15) is 0 Å². The van der Waals surface area contributed by atoms with Crippen molar-refractivity contribution in [3.05, 3.63) is 0 Å². The van der Waals surface area contributed by atoms with Crippen LogP contribution in [0.5, 0.6) is 0 Å². The van der Waals surface area contributed by atoms with E-state index in [2.05, 4.69) is 24.5 Å². The molecule has 3 atom stereocenters. The van der Waals surface area contributed by atoms with Crippen LogP contribution in [0.2, 0.25) is 0 Å². The third kappa shape index (κ3) is 3.82. The van der Waals surface area contributed by atoms with Crippen molar-refractivity contribution >= 4 is 5.91 Å². The molecule has 1 aliphatic rings. The average Bonchev–Trinajstić information content (AvgIpc) is 2.24. The lowest BCUT2D eigenvalue weighted by atomic mass is 9.78. The summed E-state index contributed by atoms with van der Waals surface area (Å²) in [5, 5.41) is 6.15. The molecule has 3 unspecified atom stereocenters. The van der Waals surface area contributed by atoms with E-state index in [0.717, 1.165) is 18.4 Å². The zero-order chi connectivity index (χ0) is 11.3. The van der Waals surface area contributed by atoms with Gasteiger partial charge in [0.25, 0.3) is 0 Å². The van der Waals surface area contributed by atoms with Crippen LogP contribution in [0.4, 0.5) is 0 Å². The van der Waals surface area contributed by atoms with Crippen molar-refractivity contribution in [1.82, 2.24) is 10.6 Å². The Kier molecular flexibility index (Phi) is 5.09. The Bertz CT molecular complexity index is 206. The Morgan fingerprint density at radius 1 is 1.33 bits per heavy atom.